The van der Waals surface area contributed by atoms with Crippen molar-refractivity contribution in [1.82, 2.24) is 19.9 Å². The molecule has 0 aliphatic carbocycles. The largest absolute Gasteiger partial charge is 0.329 e. The van der Waals surface area contributed by atoms with E-state index >= 15 is 0 Å². The van der Waals surface area contributed by atoms with E-state index in [1.165, 1.54) is 16.8 Å². The Labute approximate surface area is 114 Å². The highest BCUT2D eigenvalue weighted by molar-refractivity contribution is 5.22. The van der Waals surface area contributed by atoms with Crippen molar-refractivity contribution in [2.75, 3.05) is 6.54 Å². The van der Waals surface area contributed by atoms with E-state index in [0.29, 0.717) is 5.92 Å². The molecule has 2 aromatic heterocycles. The highest BCUT2D eigenvalue weighted by atomic mass is 15.1. The van der Waals surface area contributed by atoms with Crippen LogP contribution in [-0.2, 0) is 13.1 Å². The predicted octanol–water partition coefficient (Wildman–Crippen LogP) is 2.38. The summed E-state index contributed by atoms with van der Waals surface area (Å²) < 4.78 is 2.19. The number of hydrogen-bond donors (Lipinski definition) is 1. The van der Waals surface area contributed by atoms with Crippen LogP contribution in [0.5, 0.6) is 0 Å². The van der Waals surface area contributed by atoms with Crippen molar-refractivity contribution in [2.24, 2.45) is 5.92 Å². The molecule has 0 radical (unpaired) electrons. The Kier molecular flexibility index (Phi) is 4.68. The van der Waals surface area contributed by atoms with Gasteiger partial charge in [0.05, 0.1) is 12.0 Å². The average Bonchev–Trinajstić information content (AvgIpc) is 2.79. The Morgan fingerprint density at radius 1 is 1.26 bits per heavy atom. The first kappa shape index (κ1) is 13.7. The molecular formula is C15H22N4. The maximum atomic E-state index is 4.25. The minimum atomic E-state index is 0.666. The van der Waals surface area contributed by atoms with Crippen LogP contribution in [0, 0.1) is 12.8 Å². The molecular weight excluding hydrogens is 236 g/mol. The molecule has 2 rings (SSSR count). The van der Waals surface area contributed by atoms with E-state index in [2.05, 4.69) is 46.7 Å². The fourth-order valence-corrected chi connectivity index (χ4v) is 1.99. The SMILES string of the molecule is Cc1cnccc1Cn1cncc1CNCC(C)C. The Morgan fingerprint density at radius 2 is 2.11 bits per heavy atom. The Hall–Kier alpha value is -1.68. The monoisotopic (exact) mass is 258 g/mol. The maximum absolute atomic E-state index is 4.25. The lowest BCUT2D eigenvalue weighted by atomic mass is 10.1. The second-order valence-electron chi connectivity index (χ2n) is 5.34. The van der Waals surface area contributed by atoms with E-state index in [9.17, 15) is 0 Å². The zero-order valence-corrected chi connectivity index (χ0v) is 11.9. The van der Waals surface area contributed by atoms with Crippen LogP contribution < -0.4 is 5.32 Å². The average molecular weight is 258 g/mol. The third kappa shape index (κ3) is 3.89. The number of nitrogens with one attached hydrogen (secondary N) is 1. The number of pyridine rings is 1. The summed E-state index contributed by atoms with van der Waals surface area (Å²) in [5.74, 6) is 0.666. The molecule has 0 spiro atoms. The van der Waals surface area contributed by atoms with Gasteiger partial charge in [-0.2, -0.15) is 0 Å². The molecule has 0 aliphatic heterocycles. The summed E-state index contributed by atoms with van der Waals surface area (Å²) in [7, 11) is 0. The highest BCUT2D eigenvalue weighted by Crippen LogP contribution is 2.09. The lowest BCUT2D eigenvalue weighted by Crippen LogP contribution is -2.21. The van der Waals surface area contributed by atoms with E-state index in [0.717, 1.165) is 19.6 Å². The van der Waals surface area contributed by atoms with Gasteiger partial charge in [-0.1, -0.05) is 13.8 Å². The van der Waals surface area contributed by atoms with Crippen molar-refractivity contribution in [3.05, 3.63) is 47.8 Å². The third-order valence-corrected chi connectivity index (χ3v) is 3.13. The highest BCUT2D eigenvalue weighted by Gasteiger charge is 2.05. The molecule has 0 amide bonds. The van der Waals surface area contributed by atoms with Crippen molar-refractivity contribution in [3.63, 3.8) is 0 Å². The smallest absolute Gasteiger partial charge is 0.0951 e. The molecule has 0 unspecified atom stereocenters. The van der Waals surface area contributed by atoms with E-state index in [1.807, 2.05) is 24.9 Å². The summed E-state index contributed by atoms with van der Waals surface area (Å²) >= 11 is 0. The topological polar surface area (TPSA) is 42.7 Å². The second kappa shape index (κ2) is 6.48. The molecule has 102 valence electrons. The van der Waals surface area contributed by atoms with Crippen LogP contribution in [0.25, 0.3) is 0 Å². The lowest BCUT2D eigenvalue weighted by Gasteiger charge is -2.11. The molecule has 2 aromatic rings. The van der Waals surface area contributed by atoms with E-state index in [-0.39, 0.29) is 0 Å². The molecule has 0 saturated heterocycles. The number of rotatable bonds is 6. The summed E-state index contributed by atoms with van der Waals surface area (Å²) in [6.07, 6.45) is 7.58. The van der Waals surface area contributed by atoms with Gasteiger partial charge in [0.25, 0.3) is 0 Å². The van der Waals surface area contributed by atoms with Crippen molar-refractivity contribution in [1.29, 1.82) is 0 Å². The van der Waals surface area contributed by atoms with E-state index < -0.39 is 0 Å². The molecule has 0 saturated carbocycles. The number of aromatic nitrogens is 3. The van der Waals surface area contributed by atoms with Crippen LogP contribution in [0.2, 0.25) is 0 Å². The Bertz CT molecular complexity index is 516. The summed E-state index contributed by atoms with van der Waals surface area (Å²) in [4.78, 5) is 8.38. The quantitative estimate of drug-likeness (QED) is 0.865. The van der Waals surface area contributed by atoms with Crippen molar-refractivity contribution in [3.8, 4) is 0 Å². The minimum Gasteiger partial charge on any atom is -0.329 e. The summed E-state index contributed by atoms with van der Waals surface area (Å²) in [5.41, 5.74) is 3.73. The second-order valence-corrected chi connectivity index (χ2v) is 5.34. The number of hydrogen-bond acceptors (Lipinski definition) is 3. The molecule has 0 bridgehead atoms. The first-order valence-corrected chi connectivity index (χ1v) is 6.76. The van der Waals surface area contributed by atoms with Gasteiger partial charge in [0, 0.05) is 31.7 Å². The third-order valence-electron chi connectivity index (χ3n) is 3.13. The van der Waals surface area contributed by atoms with Crippen LogP contribution in [0.4, 0.5) is 0 Å². The van der Waals surface area contributed by atoms with Gasteiger partial charge in [0.15, 0.2) is 0 Å². The maximum Gasteiger partial charge on any atom is 0.0951 e. The van der Waals surface area contributed by atoms with Gasteiger partial charge in [-0.15, -0.1) is 0 Å². The van der Waals surface area contributed by atoms with Gasteiger partial charge in [0.1, 0.15) is 0 Å². The summed E-state index contributed by atoms with van der Waals surface area (Å²) in [6, 6.07) is 2.07. The number of aryl methyl sites for hydroxylation is 1. The molecule has 2 heterocycles. The standard InChI is InChI=1S/C15H22N4/c1-12(2)6-17-8-15-9-18-11-19(15)10-14-4-5-16-7-13(14)3/h4-5,7,9,11-12,17H,6,8,10H2,1-3H3. The molecule has 1 N–H and O–H groups in total. The molecule has 0 aliphatic rings. The van der Waals surface area contributed by atoms with Gasteiger partial charge < -0.3 is 9.88 Å². The van der Waals surface area contributed by atoms with Gasteiger partial charge in [-0.05, 0) is 36.6 Å². The molecule has 0 fully saturated rings. The van der Waals surface area contributed by atoms with Gasteiger partial charge in [-0.3, -0.25) is 4.98 Å². The van der Waals surface area contributed by atoms with Crippen LogP contribution in [0.1, 0.15) is 30.7 Å². The minimum absolute atomic E-state index is 0.666. The molecule has 19 heavy (non-hydrogen) atoms. The van der Waals surface area contributed by atoms with Crippen molar-refractivity contribution >= 4 is 0 Å². The van der Waals surface area contributed by atoms with Crippen LogP contribution in [0.3, 0.4) is 0 Å². The fraction of sp³-hybridized carbons (Fsp3) is 0.467. The van der Waals surface area contributed by atoms with Crippen molar-refractivity contribution < 1.29 is 0 Å². The normalized spacial score (nSPS) is 11.2. The van der Waals surface area contributed by atoms with Crippen LogP contribution >= 0.6 is 0 Å². The molecule has 0 atom stereocenters. The van der Waals surface area contributed by atoms with Crippen LogP contribution in [-0.4, -0.2) is 21.1 Å². The fourth-order valence-electron chi connectivity index (χ4n) is 1.99. The Morgan fingerprint density at radius 3 is 2.84 bits per heavy atom. The summed E-state index contributed by atoms with van der Waals surface area (Å²) in [5, 5.41) is 3.45. The van der Waals surface area contributed by atoms with Gasteiger partial charge >= 0.3 is 0 Å². The summed E-state index contributed by atoms with van der Waals surface area (Å²) in [6.45, 7) is 9.26. The zero-order valence-electron chi connectivity index (χ0n) is 11.9. The van der Waals surface area contributed by atoms with Crippen LogP contribution in [0.15, 0.2) is 31.0 Å². The molecule has 0 aromatic carbocycles. The number of nitrogens with zero attached hydrogens (tertiary/aromatic N) is 3. The van der Waals surface area contributed by atoms with Crippen molar-refractivity contribution in [2.45, 2.75) is 33.9 Å². The first-order chi connectivity index (χ1) is 9.16. The van der Waals surface area contributed by atoms with Gasteiger partial charge in [-0.25, -0.2) is 4.98 Å². The molecule has 4 heteroatoms. The Balaban J connectivity index is 2.01. The predicted molar refractivity (Wildman–Crippen MR) is 76.8 cm³/mol. The van der Waals surface area contributed by atoms with E-state index in [4.69, 9.17) is 0 Å². The zero-order chi connectivity index (χ0) is 13.7. The molecule has 4 nitrogen and oxygen atoms in total. The van der Waals surface area contributed by atoms with Gasteiger partial charge in [0.2, 0.25) is 0 Å². The lowest BCUT2D eigenvalue weighted by molar-refractivity contribution is 0.539. The number of imidazole rings is 1. The van der Waals surface area contributed by atoms with E-state index in [1.54, 1.807) is 0 Å². The first-order valence-electron chi connectivity index (χ1n) is 6.76.